The third-order valence-electron chi connectivity index (χ3n) is 2.30. The van der Waals surface area contributed by atoms with Crippen molar-refractivity contribution >= 4 is 23.0 Å². The minimum Gasteiger partial charge on any atom is -0.351 e. The van der Waals surface area contributed by atoms with E-state index < -0.39 is 23.2 Å². The number of H-pyrrole nitrogens is 1. The van der Waals surface area contributed by atoms with Crippen molar-refractivity contribution in [3.8, 4) is 0 Å². The predicted molar refractivity (Wildman–Crippen MR) is 64.2 cm³/mol. The topological polar surface area (TPSA) is 118 Å². The molecule has 7 heteroatoms. The fourth-order valence-electron chi connectivity index (χ4n) is 1.52. The molecule has 18 heavy (non-hydrogen) atoms. The number of aryl methyl sites for hydroxylation is 1. The molecule has 0 aliphatic heterocycles. The summed E-state index contributed by atoms with van der Waals surface area (Å²) in [4.78, 5) is 40.1. The Labute approximate surface area is 101 Å². The Balaban J connectivity index is 2.58. The molecule has 1 heterocycles. The first-order chi connectivity index (χ1) is 8.47. The Morgan fingerprint density at radius 1 is 1.39 bits per heavy atom. The van der Waals surface area contributed by atoms with Crippen LogP contribution in [-0.2, 0) is 0 Å². The number of primary amides is 1. The number of nitrogens with two attached hydrogens (primary N) is 1. The monoisotopic (exact) mass is 246 g/mol. The smallest absolute Gasteiger partial charge is 0.319 e. The summed E-state index contributed by atoms with van der Waals surface area (Å²) >= 11 is 0. The van der Waals surface area contributed by atoms with Gasteiger partial charge in [-0.15, -0.1) is 0 Å². The second-order valence-electron chi connectivity index (χ2n) is 3.75. The number of carbonyl (C=O) groups excluding carboxylic acids is 2. The molecule has 3 amide bonds. The van der Waals surface area contributed by atoms with Gasteiger partial charge in [0, 0.05) is 0 Å². The van der Waals surface area contributed by atoms with E-state index >= 15 is 0 Å². The number of hydrogen-bond acceptors (Lipinski definition) is 4. The fraction of sp³-hybridized carbons (Fsp3) is 0.0909. The average Bonchev–Trinajstić information content (AvgIpc) is 2.27. The molecule has 0 fully saturated rings. The first-order valence-corrected chi connectivity index (χ1v) is 5.09. The van der Waals surface area contributed by atoms with Crippen LogP contribution in [0.25, 0.3) is 11.0 Å². The lowest BCUT2D eigenvalue weighted by Gasteiger charge is -2.02. The molecule has 0 aliphatic carbocycles. The van der Waals surface area contributed by atoms with E-state index in [0.29, 0.717) is 11.0 Å². The molecule has 0 bridgehead atoms. The molecule has 0 radical (unpaired) electrons. The lowest BCUT2D eigenvalue weighted by molar-refractivity contribution is 0.0960. The van der Waals surface area contributed by atoms with Gasteiger partial charge in [0.15, 0.2) is 5.69 Å². The highest BCUT2D eigenvalue weighted by Gasteiger charge is 2.15. The number of urea groups is 1. The van der Waals surface area contributed by atoms with Crippen LogP contribution in [0.5, 0.6) is 0 Å². The second kappa shape index (κ2) is 4.28. The van der Waals surface area contributed by atoms with Crippen LogP contribution in [0.1, 0.15) is 16.1 Å². The molecule has 1 aromatic carbocycles. The summed E-state index contributed by atoms with van der Waals surface area (Å²) in [6, 6.07) is 4.18. The van der Waals surface area contributed by atoms with Crippen molar-refractivity contribution in [2.45, 2.75) is 6.92 Å². The van der Waals surface area contributed by atoms with E-state index in [1.165, 1.54) is 0 Å². The van der Waals surface area contributed by atoms with E-state index in [1.807, 2.05) is 13.0 Å². The molecular formula is C11H10N4O3. The largest absolute Gasteiger partial charge is 0.351 e. The van der Waals surface area contributed by atoms with Gasteiger partial charge in [0.2, 0.25) is 0 Å². The average molecular weight is 246 g/mol. The molecule has 1 aromatic heterocycles. The molecule has 0 atom stereocenters. The maximum atomic E-state index is 11.6. The van der Waals surface area contributed by atoms with Gasteiger partial charge in [-0.05, 0) is 24.6 Å². The van der Waals surface area contributed by atoms with Crippen LogP contribution in [0.4, 0.5) is 4.79 Å². The molecule has 0 saturated carbocycles. The van der Waals surface area contributed by atoms with Crippen molar-refractivity contribution in [1.82, 2.24) is 15.3 Å². The zero-order chi connectivity index (χ0) is 13.3. The molecule has 0 unspecified atom stereocenters. The lowest BCUT2D eigenvalue weighted by atomic mass is 10.2. The van der Waals surface area contributed by atoms with E-state index in [2.05, 4.69) is 9.97 Å². The van der Waals surface area contributed by atoms with Gasteiger partial charge in [0.1, 0.15) is 0 Å². The normalized spacial score (nSPS) is 10.3. The lowest BCUT2D eigenvalue weighted by Crippen LogP contribution is -2.38. The standard InChI is InChI=1S/C11H10N4O3/c1-5-2-3-6-7(4-5)13-8(9(16)14-6)10(17)15-11(12)18/h2-4H,1H3,(H,14,16)(H3,12,15,17,18). The van der Waals surface area contributed by atoms with Gasteiger partial charge < -0.3 is 10.7 Å². The number of imide groups is 1. The van der Waals surface area contributed by atoms with E-state index in [4.69, 9.17) is 5.73 Å². The molecule has 0 saturated heterocycles. The zero-order valence-electron chi connectivity index (χ0n) is 9.48. The van der Waals surface area contributed by atoms with E-state index in [0.717, 1.165) is 5.56 Å². The number of nitrogens with zero attached hydrogens (tertiary/aromatic N) is 1. The molecule has 2 rings (SSSR count). The van der Waals surface area contributed by atoms with Crippen molar-refractivity contribution in [1.29, 1.82) is 0 Å². The first-order valence-electron chi connectivity index (χ1n) is 5.09. The summed E-state index contributed by atoms with van der Waals surface area (Å²) in [5.41, 5.74) is 5.65. The third-order valence-corrected chi connectivity index (χ3v) is 2.30. The van der Waals surface area contributed by atoms with Gasteiger partial charge in [-0.1, -0.05) is 6.07 Å². The minimum absolute atomic E-state index is 0.396. The van der Waals surface area contributed by atoms with E-state index in [-0.39, 0.29) is 0 Å². The molecule has 0 aliphatic rings. The third kappa shape index (κ3) is 2.19. The molecule has 7 nitrogen and oxygen atoms in total. The number of nitrogens with one attached hydrogen (secondary N) is 2. The Bertz CT molecular complexity index is 705. The number of amides is 3. The summed E-state index contributed by atoms with van der Waals surface area (Å²) in [5.74, 6) is -0.924. The summed E-state index contributed by atoms with van der Waals surface area (Å²) in [6.45, 7) is 1.86. The summed E-state index contributed by atoms with van der Waals surface area (Å²) in [6.07, 6.45) is 0. The van der Waals surface area contributed by atoms with Crippen LogP contribution >= 0.6 is 0 Å². The van der Waals surface area contributed by atoms with Gasteiger partial charge in [0.25, 0.3) is 11.5 Å². The number of hydrogen-bond donors (Lipinski definition) is 3. The van der Waals surface area contributed by atoms with Crippen molar-refractivity contribution in [2.75, 3.05) is 0 Å². The second-order valence-corrected chi connectivity index (χ2v) is 3.75. The number of fused-ring (bicyclic) bond motifs is 1. The van der Waals surface area contributed by atoms with Gasteiger partial charge in [-0.25, -0.2) is 9.78 Å². The Kier molecular flexibility index (Phi) is 2.80. The van der Waals surface area contributed by atoms with Crippen LogP contribution in [0.15, 0.2) is 23.0 Å². The van der Waals surface area contributed by atoms with Crippen molar-refractivity contribution in [3.63, 3.8) is 0 Å². The van der Waals surface area contributed by atoms with Crippen LogP contribution in [0.3, 0.4) is 0 Å². The molecule has 0 spiro atoms. The molecular weight excluding hydrogens is 236 g/mol. The van der Waals surface area contributed by atoms with Crippen LogP contribution in [0, 0.1) is 6.92 Å². The van der Waals surface area contributed by atoms with Gasteiger partial charge in [-0.3, -0.25) is 14.9 Å². The summed E-state index contributed by atoms with van der Waals surface area (Å²) in [7, 11) is 0. The molecule has 2 aromatic rings. The Morgan fingerprint density at radius 2 is 2.11 bits per heavy atom. The maximum absolute atomic E-state index is 11.6. The fourth-order valence-corrected chi connectivity index (χ4v) is 1.52. The van der Waals surface area contributed by atoms with E-state index in [9.17, 15) is 14.4 Å². The molecule has 4 N–H and O–H groups in total. The number of rotatable bonds is 1. The van der Waals surface area contributed by atoms with Crippen LogP contribution < -0.4 is 16.6 Å². The van der Waals surface area contributed by atoms with Crippen molar-refractivity contribution in [2.24, 2.45) is 5.73 Å². The maximum Gasteiger partial charge on any atom is 0.319 e. The van der Waals surface area contributed by atoms with E-state index in [1.54, 1.807) is 17.4 Å². The summed E-state index contributed by atoms with van der Waals surface area (Å²) < 4.78 is 0. The van der Waals surface area contributed by atoms with Crippen LogP contribution in [-0.4, -0.2) is 21.9 Å². The SMILES string of the molecule is Cc1ccc2[nH]c(=O)c(C(=O)NC(N)=O)nc2c1. The van der Waals surface area contributed by atoms with Gasteiger partial charge in [0.05, 0.1) is 11.0 Å². The zero-order valence-corrected chi connectivity index (χ0v) is 9.48. The Morgan fingerprint density at radius 3 is 2.78 bits per heavy atom. The molecule has 92 valence electrons. The van der Waals surface area contributed by atoms with Crippen molar-refractivity contribution < 1.29 is 9.59 Å². The highest BCUT2D eigenvalue weighted by atomic mass is 16.2. The first kappa shape index (κ1) is 11.8. The Hall–Kier alpha value is -2.70. The highest BCUT2D eigenvalue weighted by molar-refractivity contribution is 6.03. The number of aromatic nitrogens is 2. The number of benzene rings is 1. The van der Waals surface area contributed by atoms with Crippen LogP contribution in [0.2, 0.25) is 0 Å². The minimum atomic E-state index is -1.04. The quantitative estimate of drug-likeness (QED) is 0.658. The van der Waals surface area contributed by atoms with Crippen molar-refractivity contribution in [3.05, 3.63) is 39.8 Å². The number of carbonyl (C=O) groups is 2. The summed E-state index contributed by atoms with van der Waals surface area (Å²) in [5, 5.41) is 1.80. The highest BCUT2D eigenvalue weighted by Crippen LogP contribution is 2.09. The van der Waals surface area contributed by atoms with Gasteiger partial charge in [-0.2, -0.15) is 0 Å². The number of aromatic amines is 1. The van der Waals surface area contributed by atoms with Gasteiger partial charge >= 0.3 is 6.03 Å². The predicted octanol–water partition coefficient (Wildman–Crippen LogP) is 0.0400.